The first kappa shape index (κ1) is 28.4. The van der Waals surface area contributed by atoms with Crippen LogP contribution < -0.4 is 20.9 Å². The molecule has 3 aromatic rings. The molecule has 0 saturated heterocycles. The van der Waals surface area contributed by atoms with Crippen LogP contribution >= 0.6 is 0 Å². The average Bonchev–Trinajstić information content (AvgIpc) is 3.40. The third-order valence-corrected chi connectivity index (χ3v) is 7.03. The van der Waals surface area contributed by atoms with Crippen LogP contribution in [0.15, 0.2) is 77.6 Å². The third-order valence-electron chi connectivity index (χ3n) is 7.03. The molecule has 3 N–H and O–H groups in total. The molecule has 0 fully saturated rings. The van der Waals surface area contributed by atoms with Crippen LogP contribution in [0, 0.1) is 23.1 Å². The standard InChI is InChI=1S/C31H31FN8O2/c1-18-27-21(10-13-26(34-5)37-27)16-39(29(18)41)22-11-12-23(32)24(14-22)35-30(42)36-25-17-40(31(2,3)4)38-28(25)20-8-6-19(15-33)7-9-20/h6-14,16-18,26,34H,1-5H3,(H2,35,36,42). The van der Waals surface area contributed by atoms with Gasteiger partial charge in [0, 0.05) is 23.5 Å². The molecule has 0 aliphatic carbocycles. The number of fused-ring (bicyclic) bond motifs is 1. The number of hydrogen-bond acceptors (Lipinski definition) is 6. The van der Waals surface area contributed by atoms with E-state index in [1.165, 1.54) is 23.1 Å². The summed E-state index contributed by atoms with van der Waals surface area (Å²) in [4.78, 5) is 32.5. The number of nitriles is 1. The zero-order chi connectivity index (χ0) is 30.2. The first-order valence-corrected chi connectivity index (χ1v) is 13.4. The van der Waals surface area contributed by atoms with Gasteiger partial charge in [0.05, 0.1) is 45.9 Å². The summed E-state index contributed by atoms with van der Waals surface area (Å²) in [6.45, 7) is 7.71. The van der Waals surface area contributed by atoms with Gasteiger partial charge in [0.2, 0.25) is 5.91 Å². The molecule has 10 nitrogen and oxygen atoms in total. The van der Waals surface area contributed by atoms with Gasteiger partial charge >= 0.3 is 6.03 Å². The minimum absolute atomic E-state index is 0.0964. The smallest absolute Gasteiger partial charge is 0.305 e. The molecule has 3 heterocycles. The van der Waals surface area contributed by atoms with E-state index in [-0.39, 0.29) is 23.3 Å². The van der Waals surface area contributed by atoms with Crippen LogP contribution in [0.3, 0.4) is 0 Å². The Morgan fingerprint density at radius 2 is 1.81 bits per heavy atom. The molecule has 0 saturated carbocycles. The number of allylic oxidation sites excluding steroid dienone is 2. The van der Waals surface area contributed by atoms with Gasteiger partial charge in [-0.15, -0.1) is 0 Å². The summed E-state index contributed by atoms with van der Waals surface area (Å²) in [7, 11) is 1.79. The van der Waals surface area contributed by atoms with Crippen molar-refractivity contribution in [1.29, 1.82) is 5.26 Å². The quantitative estimate of drug-likeness (QED) is 0.382. The van der Waals surface area contributed by atoms with E-state index in [0.717, 1.165) is 5.57 Å². The molecule has 5 rings (SSSR count). The summed E-state index contributed by atoms with van der Waals surface area (Å²) >= 11 is 0. The number of nitrogens with zero attached hydrogens (tertiary/aromatic N) is 5. The number of likely N-dealkylation sites (N-methyl/N-ethyl adjacent to an activating group) is 1. The molecule has 0 spiro atoms. The first-order valence-electron chi connectivity index (χ1n) is 13.4. The van der Waals surface area contributed by atoms with E-state index in [0.29, 0.717) is 33.9 Å². The lowest BCUT2D eigenvalue weighted by Gasteiger charge is -2.32. The monoisotopic (exact) mass is 566 g/mol. The second kappa shape index (κ2) is 11.1. The van der Waals surface area contributed by atoms with Crippen LogP contribution in [0.4, 0.5) is 26.2 Å². The Morgan fingerprint density at radius 1 is 1.10 bits per heavy atom. The molecule has 2 aromatic carbocycles. The summed E-state index contributed by atoms with van der Waals surface area (Å²) < 4.78 is 16.6. The maximum absolute atomic E-state index is 14.9. The summed E-state index contributed by atoms with van der Waals surface area (Å²) in [5.41, 5.74) is 3.51. The third kappa shape index (κ3) is 5.57. The number of rotatable bonds is 5. The number of carbonyl (C=O) groups excluding carboxylic acids is 2. The lowest BCUT2D eigenvalue weighted by molar-refractivity contribution is -0.119. The maximum Gasteiger partial charge on any atom is 0.323 e. The van der Waals surface area contributed by atoms with E-state index in [1.54, 1.807) is 55.3 Å². The SMILES string of the molecule is CNC1C=CC2=CN(c3ccc(F)c(NC(=O)Nc4cn(C(C)(C)C)nc4-c4ccc(C#N)cc4)c3)C(=O)C(C)C2=N1. The van der Waals surface area contributed by atoms with Crippen molar-refractivity contribution in [2.75, 3.05) is 22.6 Å². The van der Waals surface area contributed by atoms with Gasteiger partial charge in [-0.3, -0.25) is 24.7 Å². The summed E-state index contributed by atoms with van der Waals surface area (Å²) in [6, 6.07) is 12.4. The second-order valence-electron chi connectivity index (χ2n) is 11.1. The average molecular weight is 567 g/mol. The number of carbonyl (C=O) groups is 2. The molecule has 214 valence electrons. The number of aromatic nitrogens is 2. The van der Waals surface area contributed by atoms with Gasteiger partial charge in [-0.25, -0.2) is 9.18 Å². The summed E-state index contributed by atoms with van der Waals surface area (Å²) in [5, 5.41) is 22.2. The van der Waals surface area contributed by atoms with Crippen LogP contribution in [0.1, 0.15) is 33.3 Å². The predicted molar refractivity (Wildman–Crippen MR) is 161 cm³/mol. The van der Waals surface area contributed by atoms with Gasteiger partial charge < -0.3 is 10.6 Å². The maximum atomic E-state index is 14.9. The van der Waals surface area contributed by atoms with E-state index < -0.39 is 17.8 Å². The lowest BCUT2D eigenvalue weighted by atomic mass is 9.91. The fourth-order valence-electron chi connectivity index (χ4n) is 4.67. The number of halogens is 1. The van der Waals surface area contributed by atoms with Crippen LogP contribution in [-0.2, 0) is 10.3 Å². The topological polar surface area (TPSA) is 127 Å². The van der Waals surface area contributed by atoms with Crippen molar-refractivity contribution in [3.05, 3.63) is 84.0 Å². The minimum atomic E-state index is -0.686. The highest BCUT2D eigenvalue weighted by Crippen LogP contribution is 2.32. The Hall–Kier alpha value is -5.08. The van der Waals surface area contributed by atoms with Crippen LogP contribution in [0.25, 0.3) is 11.3 Å². The van der Waals surface area contributed by atoms with Crippen LogP contribution in [0.5, 0.6) is 0 Å². The van der Waals surface area contributed by atoms with Crippen molar-refractivity contribution < 1.29 is 14.0 Å². The van der Waals surface area contributed by atoms with E-state index in [4.69, 9.17) is 5.26 Å². The fraction of sp³-hybridized carbons (Fsp3) is 0.258. The van der Waals surface area contributed by atoms with E-state index >= 15 is 0 Å². The first-order chi connectivity index (χ1) is 20.0. The fourth-order valence-corrected chi connectivity index (χ4v) is 4.67. The number of benzene rings is 2. The molecule has 2 unspecified atom stereocenters. The Morgan fingerprint density at radius 3 is 2.48 bits per heavy atom. The minimum Gasteiger partial charge on any atom is -0.305 e. The molecule has 3 amide bonds. The number of nitrogens with one attached hydrogen (secondary N) is 3. The van der Waals surface area contributed by atoms with Crippen LogP contribution in [-0.4, -0.2) is 40.6 Å². The van der Waals surface area contributed by atoms with Crippen molar-refractivity contribution >= 4 is 34.7 Å². The largest absolute Gasteiger partial charge is 0.323 e. The van der Waals surface area contributed by atoms with Crippen molar-refractivity contribution in [3.63, 3.8) is 0 Å². The van der Waals surface area contributed by atoms with Gasteiger partial charge in [-0.05, 0) is 71.2 Å². The predicted octanol–water partition coefficient (Wildman–Crippen LogP) is 5.38. The highest BCUT2D eigenvalue weighted by molar-refractivity contribution is 6.21. The van der Waals surface area contributed by atoms with Gasteiger partial charge in [0.1, 0.15) is 17.7 Å². The Kier molecular flexibility index (Phi) is 7.49. The van der Waals surface area contributed by atoms with Gasteiger partial charge in [-0.2, -0.15) is 10.4 Å². The molecular formula is C31H31FN8O2. The van der Waals surface area contributed by atoms with E-state index in [9.17, 15) is 14.0 Å². The summed E-state index contributed by atoms with van der Waals surface area (Å²) in [6.07, 6.45) is 6.97. The number of aliphatic imine (C=N–C) groups is 1. The van der Waals surface area contributed by atoms with E-state index in [1.807, 2.05) is 32.9 Å². The van der Waals surface area contributed by atoms with Crippen LogP contribution in [0.2, 0.25) is 0 Å². The van der Waals surface area contributed by atoms with E-state index in [2.05, 4.69) is 32.1 Å². The Bertz CT molecular complexity index is 1690. The number of urea groups is 1. The van der Waals surface area contributed by atoms with Crippen molar-refractivity contribution in [3.8, 4) is 17.3 Å². The van der Waals surface area contributed by atoms with Gasteiger partial charge in [0.15, 0.2) is 0 Å². The zero-order valence-corrected chi connectivity index (χ0v) is 23.9. The number of amides is 3. The number of anilines is 3. The Balaban J connectivity index is 1.41. The molecule has 42 heavy (non-hydrogen) atoms. The van der Waals surface area contributed by atoms with Crippen molar-refractivity contribution in [2.45, 2.75) is 39.4 Å². The number of dihydropyridines is 1. The molecule has 1 aromatic heterocycles. The molecule has 0 bridgehead atoms. The molecule has 0 radical (unpaired) electrons. The van der Waals surface area contributed by atoms with Gasteiger partial charge in [-0.1, -0.05) is 18.2 Å². The molecule has 2 aliphatic heterocycles. The highest BCUT2D eigenvalue weighted by atomic mass is 19.1. The molecule has 2 aliphatic rings. The highest BCUT2D eigenvalue weighted by Gasteiger charge is 2.33. The van der Waals surface area contributed by atoms with Crippen molar-refractivity contribution in [1.82, 2.24) is 15.1 Å². The van der Waals surface area contributed by atoms with Gasteiger partial charge in [0.25, 0.3) is 0 Å². The second-order valence-corrected chi connectivity index (χ2v) is 11.1. The van der Waals surface area contributed by atoms with Crippen molar-refractivity contribution in [2.24, 2.45) is 10.9 Å². The summed E-state index contributed by atoms with van der Waals surface area (Å²) in [5.74, 6) is -1.38. The number of hydrogen-bond donors (Lipinski definition) is 3. The Labute approximate surface area is 243 Å². The molecule has 11 heteroatoms. The lowest BCUT2D eigenvalue weighted by Crippen LogP contribution is -2.42. The molecular weight excluding hydrogens is 535 g/mol. The normalized spacial score (nSPS) is 18.1. The molecule has 2 atom stereocenters. The zero-order valence-electron chi connectivity index (χ0n) is 23.9.